The Morgan fingerprint density at radius 1 is 1.16 bits per heavy atom. The SMILES string of the molecule is CCCOc1ccc(/C(O)=C2\C(=O)C(=O)N(c3nc4cc(Cl)c(C)cc4s3)C2c2cccnc2)cc1C. The van der Waals surface area contributed by atoms with Gasteiger partial charge in [-0.15, -0.1) is 0 Å². The number of hydrogen-bond donors (Lipinski definition) is 1. The molecule has 4 aromatic rings. The molecule has 0 radical (unpaired) electrons. The molecule has 1 atom stereocenters. The van der Waals surface area contributed by atoms with Crippen LogP contribution in [0.25, 0.3) is 16.0 Å². The van der Waals surface area contributed by atoms with Gasteiger partial charge in [0.05, 0.1) is 28.4 Å². The first-order valence-corrected chi connectivity index (χ1v) is 13.0. The molecule has 1 N–H and O–H groups in total. The number of ether oxygens (including phenoxy) is 1. The van der Waals surface area contributed by atoms with Gasteiger partial charge in [0.1, 0.15) is 11.5 Å². The molecule has 2 aromatic carbocycles. The van der Waals surface area contributed by atoms with Crippen LogP contribution in [0, 0.1) is 13.8 Å². The summed E-state index contributed by atoms with van der Waals surface area (Å²) in [6.45, 7) is 6.36. The van der Waals surface area contributed by atoms with Crippen molar-refractivity contribution in [3.05, 3.63) is 87.7 Å². The third-order valence-electron chi connectivity index (χ3n) is 6.22. The van der Waals surface area contributed by atoms with Crippen molar-refractivity contribution in [3.8, 4) is 5.75 Å². The normalized spacial score (nSPS) is 17.1. The van der Waals surface area contributed by atoms with E-state index in [1.54, 1.807) is 48.8 Å². The van der Waals surface area contributed by atoms with Gasteiger partial charge in [-0.1, -0.05) is 35.9 Å². The Hall–Kier alpha value is -3.75. The number of aliphatic hydroxyl groups is 1. The molecule has 37 heavy (non-hydrogen) atoms. The van der Waals surface area contributed by atoms with Crippen molar-refractivity contribution in [3.63, 3.8) is 0 Å². The second-order valence-corrected chi connectivity index (χ2v) is 10.3. The minimum absolute atomic E-state index is 0.0203. The monoisotopic (exact) mass is 533 g/mol. The molecular weight excluding hydrogens is 510 g/mol. The van der Waals surface area contributed by atoms with Gasteiger partial charge in [-0.2, -0.15) is 0 Å². The van der Waals surface area contributed by atoms with Gasteiger partial charge >= 0.3 is 5.91 Å². The van der Waals surface area contributed by atoms with E-state index in [2.05, 4.69) is 9.97 Å². The van der Waals surface area contributed by atoms with Gasteiger partial charge in [0.2, 0.25) is 0 Å². The number of Topliss-reactive ketones (excluding diaryl/α,β-unsaturated/α-hetero) is 1. The number of carbonyl (C=O) groups is 2. The molecule has 0 bridgehead atoms. The Labute approximate surface area is 223 Å². The number of carbonyl (C=O) groups excluding carboxylic acids is 2. The summed E-state index contributed by atoms with van der Waals surface area (Å²) in [5.74, 6) is -1.12. The highest BCUT2D eigenvalue weighted by Crippen LogP contribution is 2.44. The molecule has 1 fully saturated rings. The minimum atomic E-state index is -0.901. The van der Waals surface area contributed by atoms with E-state index in [-0.39, 0.29) is 11.3 Å². The smallest absolute Gasteiger partial charge is 0.301 e. The number of thiazole rings is 1. The number of aliphatic hydroxyl groups excluding tert-OH is 1. The summed E-state index contributed by atoms with van der Waals surface area (Å²) in [6, 6.07) is 11.4. The van der Waals surface area contributed by atoms with Crippen LogP contribution < -0.4 is 9.64 Å². The maximum absolute atomic E-state index is 13.4. The summed E-state index contributed by atoms with van der Waals surface area (Å²) >= 11 is 7.57. The van der Waals surface area contributed by atoms with Gasteiger partial charge in [-0.25, -0.2) is 4.98 Å². The van der Waals surface area contributed by atoms with Crippen molar-refractivity contribution in [2.45, 2.75) is 33.2 Å². The maximum Gasteiger partial charge on any atom is 0.301 e. The molecule has 1 unspecified atom stereocenters. The lowest BCUT2D eigenvalue weighted by molar-refractivity contribution is -0.132. The molecule has 0 aliphatic carbocycles. The fourth-order valence-electron chi connectivity index (χ4n) is 4.35. The molecule has 1 aliphatic rings. The van der Waals surface area contributed by atoms with Crippen LogP contribution >= 0.6 is 22.9 Å². The van der Waals surface area contributed by atoms with Gasteiger partial charge in [0.15, 0.2) is 5.13 Å². The number of hydrogen-bond acceptors (Lipinski definition) is 7. The second kappa shape index (κ2) is 9.95. The standard InChI is InChI=1S/C28H24ClN3O4S/c1-4-10-36-21-8-7-17(11-16(21)3)25(33)23-24(18-6-5-9-30-14-18)32(27(35)26(23)34)28-31-20-13-19(29)15(2)12-22(20)37-28/h5-9,11-14,24,33H,4,10H2,1-3H3/b25-23+. The number of nitrogens with zero attached hydrogens (tertiary/aromatic N) is 3. The lowest BCUT2D eigenvalue weighted by Crippen LogP contribution is -2.29. The Morgan fingerprint density at radius 2 is 1.97 bits per heavy atom. The van der Waals surface area contributed by atoms with Crippen molar-refractivity contribution < 1.29 is 19.4 Å². The summed E-state index contributed by atoms with van der Waals surface area (Å²) in [6.07, 6.45) is 4.06. The van der Waals surface area contributed by atoms with Crippen LogP contribution in [0.3, 0.4) is 0 Å². The van der Waals surface area contributed by atoms with E-state index in [0.717, 1.165) is 22.2 Å². The summed E-state index contributed by atoms with van der Waals surface area (Å²) in [5.41, 5.74) is 3.30. The van der Waals surface area contributed by atoms with Crippen molar-refractivity contribution in [1.82, 2.24) is 9.97 Å². The molecule has 1 amide bonds. The van der Waals surface area contributed by atoms with Gasteiger partial charge in [0.25, 0.3) is 5.78 Å². The number of rotatable bonds is 6. The van der Waals surface area contributed by atoms with Crippen molar-refractivity contribution >= 4 is 55.7 Å². The summed E-state index contributed by atoms with van der Waals surface area (Å²) < 4.78 is 6.58. The molecule has 3 heterocycles. The Kier molecular flexibility index (Phi) is 6.70. The van der Waals surface area contributed by atoms with Gasteiger partial charge < -0.3 is 9.84 Å². The highest BCUT2D eigenvalue weighted by atomic mass is 35.5. The molecular formula is C28H24ClN3O4S. The number of aryl methyl sites for hydroxylation is 2. The van der Waals surface area contributed by atoms with Crippen LogP contribution in [-0.4, -0.2) is 33.4 Å². The van der Waals surface area contributed by atoms with E-state index in [9.17, 15) is 14.7 Å². The number of aromatic nitrogens is 2. The fraction of sp³-hybridized carbons (Fsp3) is 0.214. The van der Waals surface area contributed by atoms with Crippen LogP contribution in [0.5, 0.6) is 5.75 Å². The third kappa shape index (κ3) is 4.47. The van der Waals surface area contributed by atoms with Crippen molar-refractivity contribution in [2.75, 3.05) is 11.5 Å². The number of anilines is 1. The van der Waals surface area contributed by atoms with Crippen LogP contribution in [0.2, 0.25) is 5.02 Å². The summed E-state index contributed by atoms with van der Waals surface area (Å²) in [7, 11) is 0. The molecule has 7 nitrogen and oxygen atoms in total. The quantitative estimate of drug-likeness (QED) is 0.176. The number of amides is 1. The predicted molar refractivity (Wildman–Crippen MR) is 145 cm³/mol. The van der Waals surface area contributed by atoms with Crippen LogP contribution in [0.15, 0.2) is 60.4 Å². The molecule has 1 saturated heterocycles. The first kappa shape index (κ1) is 24.9. The highest BCUT2D eigenvalue weighted by molar-refractivity contribution is 7.22. The molecule has 0 saturated carbocycles. The highest BCUT2D eigenvalue weighted by Gasteiger charge is 2.48. The van der Waals surface area contributed by atoms with Gasteiger partial charge in [0, 0.05) is 23.0 Å². The zero-order valence-corrected chi connectivity index (χ0v) is 22.1. The second-order valence-electron chi connectivity index (χ2n) is 8.85. The molecule has 0 spiro atoms. The van der Waals surface area contributed by atoms with E-state index in [1.165, 1.54) is 16.2 Å². The minimum Gasteiger partial charge on any atom is -0.507 e. The molecule has 1 aliphatic heterocycles. The number of halogens is 1. The zero-order chi connectivity index (χ0) is 26.3. The summed E-state index contributed by atoms with van der Waals surface area (Å²) in [4.78, 5) is 37.0. The fourth-order valence-corrected chi connectivity index (χ4v) is 5.58. The molecule has 9 heteroatoms. The third-order valence-corrected chi connectivity index (χ3v) is 7.64. The van der Waals surface area contributed by atoms with Crippen molar-refractivity contribution in [1.29, 1.82) is 0 Å². The predicted octanol–water partition coefficient (Wildman–Crippen LogP) is 6.38. The molecule has 188 valence electrons. The summed E-state index contributed by atoms with van der Waals surface area (Å²) in [5, 5.41) is 12.3. The van der Waals surface area contributed by atoms with Crippen LogP contribution in [0.4, 0.5) is 5.13 Å². The number of pyridine rings is 1. The van der Waals surface area contributed by atoms with Crippen LogP contribution in [0.1, 0.15) is 41.6 Å². The average Bonchev–Trinajstić information content (AvgIpc) is 3.41. The lowest BCUT2D eigenvalue weighted by atomic mass is 9.96. The number of fused-ring (bicyclic) bond motifs is 1. The lowest BCUT2D eigenvalue weighted by Gasteiger charge is -2.22. The Morgan fingerprint density at radius 3 is 2.68 bits per heavy atom. The van der Waals surface area contributed by atoms with E-state index < -0.39 is 17.7 Å². The van der Waals surface area contributed by atoms with Gasteiger partial charge in [-0.05, 0) is 73.4 Å². The first-order chi connectivity index (χ1) is 17.8. The van der Waals surface area contributed by atoms with E-state index in [0.29, 0.717) is 39.2 Å². The van der Waals surface area contributed by atoms with E-state index >= 15 is 0 Å². The Balaban J connectivity index is 1.66. The maximum atomic E-state index is 13.4. The average molecular weight is 534 g/mol. The topological polar surface area (TPSA) is 92.6 Å². The number of benzene rings is 2. The largest absolute Gasteiger partial charge is 0.507 e. The zero-order valence-electron chi connectivity index (χ0n) is 20.5. The van der Waals surface area contributed by atoms with Gasteiger partial charge in [-0.3, -0.25) is 19.5 Å². The Bertz CT molecular complexity index is 1530. The van der Waals surface area contributed by atoms with Crippen LogP contribution in [-0.2, 0) is 9.59 Å². The number of ketones is 1. The van der Waals surface area contributed by atoms with E-state index in [4.69, 9.17) is 16.3 Å². The van der Waals surface area contributed by atoms with Crippen molar-refractivity contribution in [2.24, 2.45) is 0 Å². The molecule has 5 rings (SSSR count). The van der Waals surface area contributed by atoms with E-state index in [1.807, 2.05) is 26.8 Å². The first-order valence-electron chi connectivity index (χ1n) is 11.8. The molecule has 2 aromatic heterocycles.